The number of rotatable bonds is 1. The Balaban J connectivity index is 2.31. The highest BCUT2D eigenvalue weighted by Gasteiger charge is 2.09. The summed E-state index contributed by atoms with van der Waals surface area (Å²) < 4.78 is 1.67. The number of anilines is 1. The molecule has 6 nitrogen and oxygen atoms in total. The number of fused-ring (bicyclic) bond motifs is 1. The lowest BCUT2D eigenvalue weighted by Crippen LogP contribution is -1.92. The zero-order valence-electron chi connectivity index (χ0n) is 8.68. The van der Waals surface area contributed by atoms with Crippen LogP contribution in [0.15, 0.2) is 24.7 Å². The molecular weight excluding hydrogens is 204 g/mol. The molecule has 0 amide bonds. The van der Waals surface area contributed by atoms with E-state index in [-0.39, 0.29) is 5.95 Å². The highest BCUT2D eigenvalue weighted by atomic mass is 15.3. The summed E-state index contributed by atoms with van der Waals surface area (Å²) in [4.78, 5) is 4.18. The zero-order chi connectivity index (χ0) is 11.1. The minimum Gasteiger partial charge on any atom is -0.366 e. The Morgan fingerprint density at radius 1 is 1.44 bits per heavy atom. The predicted octanol–water partition coefficient (Wildman–Crippen LogP) is 1.01. The van der Waals surface area contributed by atoms with Crippen LogP contribution in [-0.2, 0) is 0 Å². The Morgan fingerprint density at radius 2 is 2.31 bits per heavy atom. The van der Waals surface area contributed by atoms with Crippen LogP contribution in [0.25, 0.3) is 16.8 Å². The first kappa shape index (κ1) is 8.90. The quantitative estimate of drug-likeness (QED) is 0.633. The lowest BCUT2D eigenvalue weighted by molar-refractivity contribution is 0.963. The van der Waals surface area contributed by atoms with Crippen molar-refractivity contribution in [3.8, 4) is 11.1 Å². The second-order valence-electron chi connectivity index (χ2n) is 3.58. The molecule has 0 aromatic carbocycles. The van der Waals surface area contributed by atoms with Gasteiger partial charge in [0.1, 0.15) is 0 Å². The largest absolute Gasteiger partial charge is 0.366 e. The third kappa shape index (κ3) is 1.16. The van der Waals surface area contributed by atoms with E-state index in [9.17, 15) is 0 Å². The van der Waals surface area contributed by atoms with Gasteiger partial charge in [0.05, 0.1) is 6.20 Å². The molecule has 0 unspecified atom stereocenters. The molecule has 3 N–H and O–H groups in total. The van der Waals surface area contributed by atoms with Crippen LogP contribution in [0.2, 0.25) is 0 Å². The van der Waals surface area contributed by atoms with E-state index in [1.807, 2.05) is 25.4 Å². The molecule has 0 saturated heterocycles. The summed E-state index contributed by atoms with van der Waals surface area (Å²) in [6, 6.07) is 1.97. The second kappa shape index (κ2) is 3.06. The topological polar surface area (TPSA) is 84.9 Å². The summed E-state index contributed by atoms with van der Waals surface area (Å²) in [5.41, 5.74) is 9.48. The molecule has 0 saturated carbocycles. The Kier molecular flexibility index (Phi) is 1.70. The molecule has 6 heteroatoms. The van der Waals surface area contributed by atoms with Crippen LogP contribution in [-0.4, -0.2) is 24.8 Å². The molecule has 0 aliphatic carbocycles. The zero-order valence-corrected chi connectivity index (χ0v) is 8.68. The number of nitrogens with zero attached hydrogens (tertiary/aromatic N) is 4. The van der Waals surface area contributed by atoms with Crippen LogP contribution in [0.5, 0.6) is 0 Å². The monoisotopic (exact) mass is 214 g/mol. The number of pyridine rings is 1. The third-order valence-electron chi connectivity index (χ3n) is 2.58. The lowest BCUT2D eigenvalue weighted by atomic mass is 10.1. The normalized spacial score (nSPS) is 11.1. The van der Waals surface area contributed by atoms with Gasteiger partial charge in [-0.05, 0) is 18.6 Å². The van der Waals surface area contributed by atoms with Crippen LogP contribution in [0, 0.1) is 6.92 Å². The standard InChI is InChI=1S/C10H10N6/c1-6-8(7-4-12-13-5-7)2-3-16-9(6)14-10(11)15-16/h2-5H,1H3,(H2,11,15)(H,12,13). The van der Waals surface area contributed by atoms with Gasteiger partial charge in [-0.1, -0.05) is 0 Å². The van der Waals surface area contributed by atoms with E-state index >= 15 is 0 Å². The average Bonchev–Trinajstić information content (AvgIpc) is 2.86. The number of nitrogens with two attached hydrogens (primary N) is 1. The molecule has 0 bridgehead atoms. The van der Waals surface area contributed by atoms with Crippen molar-refractivity contribution in [1.29, 1.82) is 0 Å². The summed E-state index contributed by atoms with van der Waals surface area (Å²) in [6.07, 6.45) is 5.46. The van der Waals surface area contributed by atoms with E-state index in [0.717, 1.165) is 22.3 Å². The number of hydrogen-bond donors (Lipinski definition) is 2. The third-order valence-corrected chi connectivity index (χ3v) is 2.58. The fourth-order valence-corrected chi connectivity index (χ4v) is 1.80. The van der Waals surface area contributed by atoms with Gasteiger partial charge in [0.15, 0.2) is 5.65 Å². The van der Waals surface area contributed by atoms with Crippen molar-refractivity contribution in [3.63, 3.8) is 0 Å². The molecule has 0 spiro atoms. The molecule has 0 radical (unpaired) electrons. The minimum atomic E-state index is 0.285. The Hall–Kier alpha value is -2.37. The smallest absolute Gasteiger partial charge is 0.240 e. The molecule has 0 aliphatic heterocycles. The van der Waals surface area contributed by atoms with Crippen molar-refractivity contribution in [2.75, 3.05) is 5.73 Å². The van der Waals surface area contributed by atoms with E-state index in [1.165, 1.54) is 0 Å². The fourth-order valence-electron chi connectivity index (χ4n) is 1.80. The van der Waals surface area contributed by atoms with Gasteiger partial charge in [-0.25, -0.2) is 4.52 Å². The maximum atomic E-state index is 5.57. The fraction of sp³-hybridized carbons (Fsp3) is 0.100. The summed E-state index contributed by atoms with van der Waals surface area (Å²) in [7, 11) is 0. The molecular formula is C10H10N6. The minimum absolute atomic E-state index is 0.285. The summed E-state index contributed by atoms with van der Waals surface area (Å²) in [6.45, 7) is 1.99. The summed E-state index contributed by atoms with van der Waals surface area (Å²) in [5, 5.41) is 10.8. The number of aryl methyl sites for hydroxylation is 1. The van der Waals surface area contributed by atoms with E-state index in [1.54, 1.807) is 10.7 Å². The van der Waals surface area contributed by atoms with Crippen LogP contribution >= 0.6 is 0 Å². The van der Waals surface area contributed by atoms with Gasteiger partial charge in [-0.15, -0.1) is 5.10 Å². The van der Waals surface area contributed by atoms with Crippen LogP contribution < -0.4 is 5.73 Å². The first-order valence-corrected chi connectivity index (χ1v) is 4.86. The van der Waals surface area contributed by atoms with Crippen molar-refractivity contribution in [3.05, 3.63) is 30.2 Å². The van der Waals surface area contributed by atoms with Gasteiger partial charge in [-0.2, -0.15) is 10.1 Å². The maximum absolute atomic E-state index is 5.57. The number of H-pyrrole nitrogens is 1. The molecule has 3 aromatic rings. The van der Waals surface area contributed by atoms with Gasteiger partial charge in [0, 0.05) is 23.5 Å². The van der Waals surface area contributed by atoms with Gasteiger partial charge >= 0.3 is 0 Å². The molecule has 0 aliphatic rings. The van der Waals surface area contributed by atoms with Gasteiger partial charge in [-0.3, -0.25) is 5.10 Å². The number of hydrogen-bond acceptors (Lipinski definition) is 4. The number of aromatic nitrogens is 5. The molecule has 80 valence electrons. The molecule has 3 rings (SSSR count). The van der Waals surface area contributed by atoms with Gasteiger partial charge in [0.2, 0.25) is 5.95 Å². The summed E-state index contributed by atoms with van der Waals surface area (Å²) >= 11 is 0. The first-order chi connectivity index (χ1) is 7.75. The summed E-state index contributed by atoms with van der Waals surface area (Å²) in [5.74, 6) is 0.285. The van der Waals surface area contributed by atoms with Crippen LogP contribution in [0.1, 0.15) is 5.56 Å². The predicted molar refractivity (Wildman–Crippen MR) is 59.7 cm³/mol. The molecule has 3 heterocycles. The highest BCUT2D eigenvalue weighted by Crippen LogP contribution is 2.24. The van der Waals surface area contributed by atoms with Crippen molar-refractivity contribution in [2.45, 2.75) is 6.92 Å². The van der Waals surface area contributed by atoms with E-state index in [4.69, 9.17) is 5.73 Å². The van der Waals surface area contributed by atoms with E-state index < -0.39 is 0 Å². The van der Waals surface area contributed by atoms with Crippen molar-refractivity contribution in [2.24, 2.45) is 0 Å². The Bertz CT molecular complexity index is 637. The van der Waals surface area contributed by atoms with Gasteiger partial charge < -0.3 is 5.73 Å². The van der Waals surface area contributed by atoms with Crippen LogP contribution in [0.4, 0.5) is 5.95 Å². The Morgan fingerprint density at radius 3 is 3.06 bits per heavy atom. The molecule has 0 atom stereocenters. The molecule has 16 heavy (non-hydrogen) atoms. The van der Waals surface area contributed by atoms with Gasteiger partial charge in [0.25, 0.3) is 0 Å². The Labute approximate surface area is 91.1 Å². The van der Waals surface area contributed by atoms with Crippen molar-refractivity contribution < 1.29 is 0 Å². The molecule has 0 fully saturated rings. The second-order valence-corrected chi connectivity index (χ2v) is 3.58. The highest BCUT2D eigenvalue weighted by molar-refractivity contribution is 5.72. The van der Waals surface area contributed by atoms with Crippen molar-refractivity contribution in [1.82, 2.24) is 24.8 Å². The average molecular weight is 214 g/mol. The number of nitrogen functional groups attached to an aromatic ring is 1. The maximum Gasteiger partial charge on any atom is 0.240 e. The lowest BCUT2D eigenvalue weighted by Gasteiger charge is -2.03. The number of nitrogens with one attached hydrogen (secondary N) is 1. The van der Waals surface area contributed by atoms with E-state index in [2.05, 4.69) is 20.3 Å². The number of aromatic amines is 1. The van der Waals surface area contributed by atoms with Crippen molar-refractivity contribution >= 4 is 11.6 Å². The first-order valence-electron chi connectivity index (χ1n) is 4.86. The van der Waals surface area contributed by atoms with Crippen LogP contribution in [0.3, 0.4) is 0 Å². The SMILES string of the molecule is Cc1c(-c2cn[nH]c2)ccn2nc(N)nc12. The molecule has 3 aromatic heterocycles. The van der Waals surface area contributed by atoms with E-state index in [0.29, 0.717) is 0 Å².